The van der Waals surface area contributed by atoms with Crippen molar-refractivity contribution in [1.29, 1.82) is 0 Å². The lowest BCUT2D eigenvalue weighted by atomic mass is 10.0. The zero-order chi connectivity index (χ0) is 16.1. The predicted octanol–water partition coefficient (Wildman–Crippen LogP) is 2.33. The molecule has 1 amide bonds. The van der Waals surface area contributed by atoms with Crippen LogP contribution in [0.5, 0.6) is 0 Å². The first-order valence-corrected chi connectivity index (χ1v) is 8.12. The van der Waals surface area contributed by atoms with E-state index < -0.39 is 0 Å². The maximum absolute atomic E-state index is 11.9. The third-order valence-electron chi connectivity index (χ3n) is 4.00. The molecule has 6 heteroatoms. The quantitative estimate of drug-likeness (QED) is 0.907. The molecule has 0 radical (unpaired) electrons. The molecule has 2 rings (SSSR count). The lowest BCUT2D eigenvalue weighted by Crippen LogP contribution is -2.45. The monoisotopic (exact) mass is 308 g/mol. The minimum Gasteiger partial charge on any atom is -0.449 e. The van der Waals surface area contributed by atoms with Crippen molar-refractivity contribution in [1.82, 2.24) is 20.0 Å². The standard InChI is InChI=1S/C16H28N4O2/c1-12(2)11-22-16(21)20-7-5-15(6-8-20)18-13(3)14-9-17-19(4)10-14/h9-10,12-13,15,18H,5-8,11H2,1-4H3/t13-/m0/s1. The highest BCUT2D eigenvalue weighted by molar-refractivity contribution is 5.67. The molecule has 22 heavy (non-hydrogen) atoms. The molecular weight excluding hydrogens is 280 g/mol. The Morgan fingerprint density at radius 1 is 1.41 bits per heavy atom. The van der Waals surface area contributed by atoms with E-state index in [9.17, 15) is 4.79 Å². The Balaban J connectivity index is 1.74. The average molecular weight is 308 g/mol. The van der Waals surface area contributed by atoms with Gasteiger partial charge in [-0.3, -0.25) is 4.68 Å². The fraction of sp³-hybridized carbons (Fsp3) is 0.750. The molecule has 0 unspecified atom stereocenters. The molecule has 1 aromatic heterocycles. The van der Waals surface area contributed by atoms with Crippen LogP contribution in [0.15, 0.2) is 12.4 Å². The van der Waals surface area contributed by atoms with Crippen molar-refractivity contribution in [3.63, 3.8) is 0 Å². The molecule has 6 nitrogen and oxygen atoms in total. The summed E-state index contributed by atoms with van der Waals surface area (Å²) < 4.78 is 7.11. The maximum Gasteiger partial charge on any atom is 0.409 e. The Morgan fingerprint density at radius 2 is 2.09 bits per heavy atom. The smallest absolute Gasteiger partial charge is 0.409 e. The number of carbonyl (C=O) groups is 1. The number of carbonyl (C=O) groups excluding carboxylic acids is 1. The van der Waals surface area contributed by atoms with Gasteiger partial charge in [-0.05, 0) is 25.7 Å². The largest absolute Gasteiger partial charge is 0.449 e. The Bertz CT molecular complexity index is 478. The Morgan fingerprint density at radius 3 is 2.64 bits per heavy atom. The molecule has 1 aliphatic rings. The van der Waals surface area contributed by atoms with E-state index in [0.717, 1.165) is 25.9 Å². The molecule has 124 valence electrons. The molecule has 0 aliphatic carbocycles. The molecule has 0 saturated carbocycles. The number of piperidine rings is 1. The minimum atomic E-state index is -0.174. The van der Waals surface area contributed by atoms with Crippen molar-refractivity contribution in [2.75, 3.05) is 19.7 Å². The van der Waals surface area contributed by atoms with E-state index >= 15 is 0 Å². The van der Waals surface area contributed by atoms with Crippen LogP contribution in [0.2, 0.25) is 0 Å². The van der Waals surface area contributed by atoms with Crippen molar-refractivity contribution in [3.8, 4) is 0 Å². The van der Waals surface area contributed by atoms with Crippen LogP contribution >= 0.6 is 0 Å². The van der Waals surface area contributed by atoms with Gasteiger partial charge in [0.15, 0.2) is 0 Å². The predicted molar refractivity (Wildman–Crippen MR) is 85.5 cm³/mol. The van der Waals surface area contributed by atoms with E-state index in [1.165, 1.54) is 5.56 Å². The van der Waals surface area contributed by atoms with Crippen molar-refractivity contribution in [2.24, 2.45) is 13.0 Å². The summed E-state index contributed by atoms with van der Waals surface area (Å²) in [6.07, 6.45) is 5.68. The van der Waals surface area contributed by atoms with Gasteiger partial charge in [-0.25, -0.2) is 4.79 Å². The van der Waals surface area contributed by atoms with Gasteiger partial charge in [0, 0.05) is 44.0 Å². The summed E-state index contributed by atoms with van der Waals surface area (Å²) in [7, 11) is 1.93. The van der Waals surface area contributed by atoms with Crippen LogP contribution in [0.3, 0.4) is 0 Å². The first-order chi connectivity index (χ1) is 10.5. The van der Waals surface area contributed by atoms with Gasteiger partial charge in [-0.15, -0.1) is 0 Å². The third-order valence-corrected chi connectivity index (χ3v) is 4.00. The van der Waals surface area contributed by atoms with Crippen LogP contribution < -0.4 is 5.32 Å². The van der Waals surface area contributed by atoms with Gasteiger partial charge in [0.25, 0.3) is 0 Å². The van der Waals surface area contributed by atoms with E-state index in [2.05, 4.69) is 17.3 Å². The molecule has 0 aromatic carbocycles. The summed E-state index contributed by atoms with van der Waals surface area (Å²) in [6, 6.07) is 0.711. The number of hydrogen-bond acceptors (Lipinski definition) is 4. The highest BCUT2D eigenvalue weighted by atomic mass is 16.6. The van der Waals surface area contributed by atoms with Crippen molar-refractivity contribution < 1.29 is 9.53 Å². The van der Waals surface area contributed by atoms with Crippen LogP contribution in [0.25, 0.3) is 0 Å². The van der Waals surface area contributed by atoms with E-state index in [1.54, 1.807) is 0 Å². The summed E-state index contributed by atoms with van der Waals surface area (Å²) >= 11 is 0. The number of nitrogens with zero attached hydrogens (tertiary/aromatic N) is 3. The minimum absolute atomic E-state index is 0.174. The second-order valence-corrected chi connectivity index (χ2v) is 6.57. The summed E-state index contributed by atoms with van der Waals surface area (Å²) in [5.74, 6) is 0.378. The highest BCUT2D eigenvalue weighted by Gasteiger charge is 2.25. The first kappa shape index (κ1) is 16.8. The molecular formula is C16H28N4O2. The van der Waals surface area contributed by atoms with Crippen molar-refractivity contribution >= 4 is 6.09 Å². The topological polar surface area (TPSA) is 59.4 Å². The Labute approximate surface area is 132 Å². The number of aromatic nitrogens is 2. The lowest BCUT2D eigenvalue weighted by molar-refractivity contribution is 0.0812. The van der Waals surface area contributed by atoms with Gasteiger partial charge in [-0.1, -0.05) is 13.8 Å². The number of rotatable bonds is 5. The molecule has 2 heterocycles. The fourth-order valence-electron chi connectivity index (χ4n) is 2.67. The van der Waals surface area contributed by atoms with Crippen LogP contribution in [-0.4, -0.2) is 46.5 Å². The first-order valence-electron chi connectivity index (χ1n) is 8.12. The number of ether oxygens (including phenoxy) is 1. The van der Waals surface area contributed by atoms with Gasteiger partial charge in [0.2, 0.25) is 0 Å². The van der Waals surface area contributed by atoms with Crippen LogP contribution in [0.4, 0.5) is 4.79 Å². The zero-order valence-electron chi connectivity index (χ0n) is 14.1. The van der Waals surface area contributed by atoms with Gasteiger partial charge in [0.1, 0.15) is 0 Å². The second-order valence-electron chi connectivity index (χ2n) is 6.57. The number of aryl methyl sites for hydroxylation is 1. The van der Waals surface area contributed by atoms with E-state index in [1.807, 2.05) is 42.9 Å². The third kappa shape index (κ3) is 4.73. The zero-order valence-corrected chi connectivity index (χ0v) is 14.1. The summed E-state index contributed by atoms with van der Waals surface area (Å²) in [5.41, 5.74) is 1.20. The number of amides is 1. The van der Waals surface area contributed by atoms with E-state index in [-0.39, 0.29) is 12.1 Å². The average Bonchev–Trinajstić information content (AvgIpc) is 2.92. The van der Waals surface area contributed by atoms with E-state index in [0.29, 0.717) is 18.6 Å². The van der Waals surface area contributed by atoms with Crippen LogP contribution in [0.1, 0.15) is 45.2 Å². The van der Waals surface area contributed by atoms with Crippen molar-refractivity contribution in [2.45, 2.75) is 45.7 Å². The van der Waals surface area contributed by atoms with Gasteiger partial charge < -0.3 is 15.0 Å². The molecule has 0 spiro atoms. The van der Waals surface area contributed by atoms with Gasteiger partial charge >= 0.3 is 6.09 Å². The lowest BCUT2D eigenvalue weighted by Gasteiger charge is -2.33. The highest BCUT2D eigenvalue weighted by Crippen LogP contribution is 2.17. The molecule has 0 bridgehead atoms. The Hall–Kier alpha value is -1.56. The number of hydrogen-bond donors (Lipinski definition) is 1. The maximum atomic E-state index is 11.9. The van der Waals surface area contributed by atoms with Crippen molar-refractivity contribution in [3.05, 3.63) is 18.0 Å². The van der Waals surface area contributed by atoms with Gasteiger partial charge in [0.05, 0.1) is 12.8 Å². The van der Waals surface area contributed by atoms with E-state index in [4.69, 9.17) is 4.74 Å². The Kier molecular flexibility index (Phi) is 5.83. The molecule has 1 atom stereocenters. The summed E-state index contributed by atoms with van der Waals surface area (Å²) in [5, 5.41) is 7.83. The molecule has 1 aromatic rings. The molecule has 1 fully saturated rings. The van der Waals surface area contributed by atoms with Gasteiger partial charge in [-0.2, -0.15) is 5.10 Å². The van der Waals surface area contributed by atoms with Crippen LogP contribution in [0, 0.1) is 5.92 Å². The molecule has 1 aliphatic heterocycles. The van der Waals surface area contributed by atoms with Crippen LogP contribution in [-0.2, 0) is 11.8 Å². The summed E-state index contributed by atoms with van der Waals surface area (Å²) in [4.78, 5) is 13.7. The second kappa shape index (κ2) is 7.63. The molecule has 1 saturated heterocycles. The number of nitrogens with one attached hydrogen (secondary N) is 1. The number of likely N-dealkylation sites (tertiary alicyclic amines) is 1. The normalized spacial score (nSPS) is 17.8. The summed E-state index contributed by atoms with van der Waals surface area (Å²) in [6.45, 7) is 8.25. The fourth-order valence-corrected chi connectivity index (χ4v) is 2.67. The molecule has 1 N–H and O–H groups in total. The SMILES string of the molecule is CC(C)COC(=O)N1CCC(N[C@@H](C)c2cnn(C)c2)CC1.